The molecule has 0 bridgehead atoms. The normalized spacial score (nSPS) is 11.4. The first-order chi connectivity index (χ1) is 29.8. The molecule has 0 aliphatic heterocycles. The van der Waals surface area contributed by atoms with Crippen molar-refractivity contribution in [2.45, 2.75) is 11.2 Å². The second-order valence-corrected chi connectivity index (χ2v) is 16.2. The summed E-state index contributed by atoms with van der Waals surface area (Å²) in [6.45, 7) is -0.216. The Hall–Kier alpha value is -6.38. The van der Waals surface area contributed by atoms with Crippen molar-refractivity contribution >= 4 is 43.4 Å². The van der Waals surface area contributed by atoms with Crippen molar-refractivity contribution in [3.63, 3.8) is 0 Å². The van der Waals surface area contributed by atoms with Crippen molar-refractivity contribution in [3.05, 3.63) is 272 Å². The highest BCUT2D eigenvalue weighted by molar-refractivity contribution is 9.10. The number of hydrogen-bond acceptors (Lipinski definition) is 5. The lowest BCUT2D eigenvalue weighted by Gasteiger charge is -2.46. The number of hydrogen-bond donors (Lipinski definition) is 0. The number of rotatable bonds is 16. The molecular formula is C54H40Br2O5. The molecule has 0 saturated carbocycles. The van der Waals surface area contributed by atoms with Crippen LogP contribution in [0.25, 0.3) is 0 Å². The van der Waals surface area contributed by atoms with Crippen molar-refractivity contribution in [2.75, 3.05) is 13.2 Å². The van der Waals surface area contributed by atoms with Gasteiger partial charge in [-0.2, -0.15) is 0 Å². The quantitative estimate of drug-likeness (QED) is 0.0714. The highest BCUT2D eigenvalue weighted by atomic mass is 79.9. The van der Waals surface area contributed by atoms with Crippen LogP contribution in [-0.2, 0) is 15.9 Å². The summed E-state index contributed by atoms with van der Waals surface area (Å²) in [6, 6.07) is 71.0. The van der Waals surface area contributed by atoms with Gasteiger partial charge in [0.15, 0.2) is 24.8 Å². The molecule has 61 heavy (non-hydrogen) atoms. The van der Waals surface area contributed by atoms with Crippen LogP contribution in [0.2, 0.25) is 0 Å². The SMILES string of the molecule is O=C(COc1ccc(C(OC(c2ccccc2)(c2ccccc2)c2ccc(OCC(=O)c3ccc(Br)cc3)cc2)(c2ccccc2)c2ccccc2)cc1)c1ccc(Br)cc1. The molecule has 0 atom stereocenters. The molecule has 0 heterocycles. The molecule has 300 valence electrons. The van der Waals surface area contributed by atoms with Gasteiger partial charge in [0.05, 0.1) is 0 Å². The maximum atomic E-state index is 13.1. The topological polar surface area (TPSA) is 61.8 Å². The average Bonchev–Trinajstić information content (AvgIpc) is 3.32. The van der Waals surface area contributed by atoms with Crippen LogP contribution in [0.1, 0.15) is 54.1 Å². The molecule has 8 aromatic rings. The van der Waals surface area contributed by atoms with E-state index in [0.717, 1.165) is 42.3 Å². The molecule has 0 aliphatic carbocycles. The monoisotopic (exact) mass is 926 g/mol. The molecule has 0 spiro atoms. The molecule has 5 nitrogen and oxygen atoms in total. The summed E-state index contributed by atoms with van der Waals surface area (Å²) in [5.41, 5.74) is 4.04. The molecule has 0 saturated heterocycles. The van der Waals surface area contributed by atoms with E-state index in [2.05, 4.69) is 80.4 Å². The van der Waals surface area contributed by atoms with E-state index in [1.165, 1.54) is 0 Å². The number of carbonyl (C=O) groups excluding carboxylic acids is 2. The van der Waals surface area contributed by atoms with E-state index in [-0.39, 0.29) is 24.8 Å². The highest BCUT2D eigenvalue weighted by Gasteiger charge is 2.49. The molecular weight excluding hydrogens is 888 g/mol. The number of benzene rings is 8. The van der Waals surface area contributed by atoms with Crippen molar-refractivity contribution < 1.29 is 23.8 Å². The minimum atomic E-state index is -1.22. The van der Waals surface area contributed by atoms with Gasteiger partial charge in [0.1, 0.15) is 22.7 Å². The lowest BCUT2D eigenvalue weighted by Crippen LogP contribution is -2.44. The predicted octanol–water partition coefficient (Wildman–Crippen LogP) is 13.0. The molecule has 0 radical (unpaired) electrons. The zero-order valence-corrected chi connectivity index (χ0v) is 36.2. The van der Waals surface area contributed by atoms with Crippen LogP contribution in [0.5, 0.6) is 11.5 Å². The zero-order valence-electron chi connectivity index (χ0n) is 33.0. The van der Waals surface area contributed by atoms with E-state index in [1.807, 2.05) is 146 Å². The van der Waals surface area contributed by atoms with E-state index >= 15 is 0 Å². The summed E-state index contributed by atoms with van der Waals surface area (Å²) in [7, 11) is 0. The molecule has 0 N–H and O–H groups in total. The van der Waals surface area contributed by atoms with Gasteiger partial charge >= 0.3 is 0 Å². The van der Waals surface area contributed by atoms with Gasteiger partial charge in [-0.05, 0) is 81.9 Å². The van der Waals surface area contributed by atoms with Crippen LogP contribution in [0.4, 0.5) is 0 Å². The second kappa shape index (κ2) is 18.9. The molecule has 0 aliphatic rings. The molecule has 7 heteroatoms. The van der Waals surface area contributed by atoms with Crippen molar-refractivity contribution in [1.82, 2.24) is 0 Å². The fourth-order valence-corrected chi connectivity index (χ4v) is 8.11. The Labute approximate surface area is 372 Å². The van der Waals surface area contributed by atoms with Crippen LogP contribution in [0.15, 0.2) is 227 Å². The van der Waals surface area contributed by atoms with Crippen LogP contribution in [0, 0.1) is 0 Å². The fourth-order valence-electron chi connectivity index (χ4n) is 7.58. The second-order valence-electron chi connectivity index (χ2n) is 14.4. The van der Waals surface area contributed by atoms with Crippen LogP contribution < -0.4 is 9.47 Å². The average molecular weight is 929 g/mol. The van der Waals surface area contributed by atoms with Gasteiger partial charge in [-0.15, -0.1) is 0 Å². The van der Waals surface area contributed by atoms with Crippen LogP contribution in [0.3, 0.4) is 0 Å². The number of ether oxygens (including phenoxy) is 3. The van der Waals surface area contributed by atoms with Gasteiger partial charge in [-0.25, -0.2) is 0 Å². The van der Waals surface area contributed by atoms with Crippen LogP contribution >= 0.6 is 31.9 Å². The van der Waals surface area contributed by atoms with Gasteiger partial charge in [0.2, 0.25) is 0 Å². The molecule has 0 fully saturated rings. The zero-order chi connectivity index (χ0) is 42.1. The Bertz CT molecular complexity index is 2400. The third-order valence-corrected chi connectivity index (χ3v) is 11.7. The molecule has 8 aromatic carbocycles. The first kappa shape index (κ1) is 41.4. The first-order valence-electron chi connectivity index (χ1n) is 19.8. The summed E-state index contributed by atoms with van der Waals surface area (Å²) >= 11 is 6.87. The maximum Gasteiger partial charge on any atom is 0.200 e. The van der Waals surface area contributed by atoms with E-state index < -0.39 is 11.2 Å². The smallest absolute Gasteiger partial charge is 0.200 e. The number of carbonyl (C=O) groups is 2. The highest BCUT2D eigenvalue weighted by Crippen LogP contribution is 2.51. The van der Waals surface area contributed by atoms with Crippen molar-refractivity contribution in [1.29, 1.82) is 0 Å². The van der Waals surface area contributed by atoms with Gasteiger partial charge in [-0.3, -0.25) is 9.59 Å². The predicted molar refractivity (Wildman–Crippen MR) is 247 cm³/mol. The number of halogens is 2. The van der Waals surface area contributed by atoms with Crippen LogP contribution in [-0.4, -0.2) is 24.8 Å². The van der Waals surface area contributed by atoms with Gasteiger partial charge in [0.25, 0.3) is 0 Å². The lowest BCUT2D eigenvalue weighted by atomic mass is 9.75. The summed E-state index contributed by atoms with van der Waals surface area (Å²) in [5, 5.41) is 0. The standard InChI is InChI=1S/C54H40Br2O5/c55-47-29-21-39(22-30-47)51(57)37-59-49-33-25-45(26-34-49)53(41-13-5-1-6-14-41,42-15-7-2-8-16-42)61-54(43-17-9-3-10-18-43,44-19-11-4-12-20-44)46-27-35-50(36-28-46)60-38-52(58)40-23-31-48(56)32-24-40/h1-36H,37-38H2. The Morgan fingerprint density at radius 2 is 0.607 bits per heavy atom. The van der Waals surface area contributed by atoms with Gasteiger partial charge in [-0.1, -0.05) is 202 Å². The summed E-state index contributed by atoms with van der Waals surface area (Å²) in [5.74, 6) is 0.864. The third kappa shape index (κ3) is 9.05. The minimum Gasteiger partial charge on any atom is -0.485 e. The Kier molecular flexibility index (Phi) is 12.8. The minimum absolute atomic E-state index is 0.108. The summed E-state index contributed by atoms with van der Waals surface area (Å²) in [4.78, 5) is 26.1. The van der Waals surface area contributed by atoms with E-state index in [4.69, 9.17) is 14.2 Å². The third-order valence-electron chi connectivity index (χ3n) is 10.6. The molecule has 0 amide bonds. The number of Topliss-reactive ketones (excluding diaryl/α,β-unsaturated/α-hetero) is 2. The maximum absolute atomic E-state index is 13.1. The largest absolute Gasteiger partial charge is 0.485 e. The Morgan fingerprint density at radius 3 is 0.885 bits per heavy atom. The number of ketones is 2. The van der Waals surface area contributed by atoms with Crippen molar-refractivity contribution in [3.8, 4) is 11.5 Å². The molecule has 8 rings (SSSR count). The van der Waals surface area contributed by atoms with E-state index in [0.29, 0.717) is 22.6 Å². The molecule has 0 aromatic heterocycles. The lowest BCUT2D eigenvalue weighted by molar-refractivity contribution is -0.0810. The summed E-state index contributed by atoms with van der Waals surface area (Å²) < 4.78 is 22.1. The van der Waals surface area contributed by atoms with Crippen molar-refractivity contribution in [2.24, 2.45) is 0 Å². The summed E-state index contributed by atoms with van der Waals surface area (Å²) in [6.07, 6.45) is 0. The van der Waals surface area contributed by atoms with E-state index in [1.54, 1.807) is 24.3 Å². The van der Waals surface area contributed by atoms with E-state index in [9.17, 15) is 9.59 Å². The van der Waals surface area contributed by atoms with Gasteiger partial charge < -0.3 is 14.2 Å². The first-order valence-corrected chi connectivity index (χ1v) is 21.4. The van der Waals surface area contributed by atoms with Gasteiger partial charge in [0, 0.05) is 20.1 Å². The Balaban J connectivity index is 1.25. The Morgan fingerprint density at radius 1 is 0.344 bits per heavy atom. The molecule has 0 unspecified atom stereocenters. The fraction of sp³-hybridized carbons (Fsp3) is 0.0741.